The van der Waals surface area contributed by atoms with Crippen LogP contribution in [0.25, 0.3) is 0 Å². The smallest absolute Gasteiger partial charge is 0.0210 e. The van der Waals surface area contributed by atoms with Gasteiger partial charge in [-0.15, -0.1) is 13.2 Å². The van der Waals surface area contributed by atoms with Gasteiger partial charge in [-0.05, 0) is 37.0 Å². The molecule has 0 bridgehead atoms. The summed E-state index contributed by atoms with van der Waals surface area (Å²) in [5.41, 5.74) is 0. The summed E-state index contributed by atoms with van der Waals surface area (Å²) in [5.74, 6) is 2.37. The van der Waals surface area contributed by atoms with Gasteiger partial charge >= 0.3 is 0 Å². The van der Waals surface area contributed by atoms with Crippen LogP contribution in [0, 0.1) is 17.8 Å². The Kier molecular flexibility index (Phi) is 10.3. The van der Waals surface area contributed by atoms with E-state index in [9.17, 15) is 0 Å². The Balaban J connectivity index is 4.18. The maximum atomic E-state index is 3.99. The first-order valence-corrected chi connectivity index (χ1v) is 7.44. The number of allylic oxidation sites excluding steroid dienone is 2. The molecular formula is C17H32. The molecule has 0 aromatic carbocycles. The van der Waals surface area contributed by atoms with Crippen LogP contribution in [0.5, 0.6) is 0 Å². The monoisotopic (exact) mass is 236 g/mol. The molecule has 0 nitrogen and oxygen atoms in total. The second kappa shape index (κ2) is 10.6. The van der Waals surface area contributed by atoms with E-state index in [4.69, 9.17) is 0 Å². The van der Waals surface area contributed by atoms with Crippen LogP contribution in [-0.2, 0) is 0 Å². The summed E-state index contributed by atoms with van der Waals surface area (Å²) in [7, 11) is 0. The van der Waals surface area contributed by atoms with Gasteiger partial charge in [0.2, 0.25) is 0 Å². The summed E-state index contributed by atoms with van der Waals surface area (Å²) in [6.45, 7) is 14.8. The summed E-state index contributed by atoms with van der Waals surface area (Å²) < 4.78 is 0. The topological polar surface area (TPSA) is 0 Å². The minimum atomic E-state index is 0.700. The molecule has 0 heterocycles. The van der Waals surface area contributed by atoms with E-state index in [2.05, 4.69) is 40.0 Å². The SMILES string of the molecule is C=CCCCCC(CCC)C(C)C(C=C)CC. The maximum absolute atomic E-state index is 3.99. The third kappa shape index (κ3) is 6.71. The minimum Gasteiger partial charge on any atom is -0.103 e. The van der Waals surface area contributed by atoms with E-state index in [0.29, 0.717) is 5.92 Å². The molecular weight excluding hydrogens is 204 g/mol. The van der Waals surface area contributed by atoms with E-state index in [1.54, 1.807) is 0 Å². The first-order valence-electron chi connectivity index (χ1n) is 7.44. The lowest BCUT2D eigenvalue weighted by Crippen LogP contribution is -2.19. The van der Waals surface area contributed by atoms with Gasteiger partial charge in [0, 0.05) is 0 Å². The van der Waals surface area contributed by atoms with E-state index in [1.165, 1.54) is 44.9 Å². The molecule has 0 N–H and O–H groups in total. The summed E-state index contributed by atoms with van der Waals surface area (Å²) in [5, 5.41) is 0. The number of hydrogen-bond acceptors (Lipinski definition) is 0. The highest BCUT2D eigenvalue weighted by atomic mass is 14.3. The molecule has 0 amide bonds. The molecule has 0 saturated heterocycles. The molecule has 0 heteroatoms. The fraction of sp³-hybridized carbons (Fsp3) is 0.765. The van der Waals surface area contributed by atoms with Gasteiger partial charge in [0.1, 0.15) is 0 Å². The minimum absolute atomic E-state index is 0.700. The first-order chi connectivity index (χ1) is 8.21. The Morgan fingerprint density at radius 1 is 1.06 bits per heavy atom. The molecule has 0 radical (unpaired) electrons. The lowest BCUT2D eigenvalue weighted by molar-refractivity contribution is 0.243. The molecule has 17 heavy (non-hydrogen) atoms. The second-order valence-electron chi connectivity index (χ2n) is 5.29. The summed E-state index contributed by atoms with van der Waals surface area (Å²) in [6.07, 6.45) is 13.3. The lowest BCUT2D eigenvalue weighted by atomic mass is 9.77. The van der Waals surface area contributed by atoms with Crippen LogP contribution in [-0.4, -0.2) is 0 Å². The Morgan fingerprint density at radius 3 is 2.24 bits per heavy atom. The standard InChI is InChI=1S/C17H32/c1-6-10-11-12-14-17(13-7-2)15(5)16(8-3)9-4/h6,8,15-17H,1,3,7,9-14H2,2,4-5H3. The number of hydrogen-bond donors (Lipinski definition) is 0. The third-order valence-corrected chi connectivity index (χ3v) is 4.09. The van der Waals surface area contributed by atoms with Crippen molar-refractivity contribution in [2.75, 3.05) is 0 Å². The van der Waals surface area contributed by atoms with Crippen LogP contribution in [0.3, 0.4) is 0 Å². The molecule has 100 valence electrons. The quantitative estimate of drug-likeness (QED) is 0.305. The second-order valence-corrected chi connectivity index (χ2v) is 5.29. The van der Waals surface area contributed by atoms with Crippen molar-refractivity contribution in [1.29, 1.82) is 0 Å². The van der Waals surface area contributed by atoms with Crippen molar-refractivity contribution in [3.8, 4) is 0 Å². The van der Waals surface area contributed by atoms with Gasteiger partial charge in [-0.3, -0.25) is 0 Å². The average Bonchev–Trinajstić information content (AvgIpc) is 2.34. The van der Waals surface area contributed by atoms with Crippen molar-refractivity contribution < 1.29 is 0 Å². The predicted octanol–water partition coefficient (Wildman–Crippen LogP) is 6.00. The zero-order valence-electron chi connectivity index (χ0n) is 12.3. The predicted molar refractivity (Wildman–Crippen MR) is 80.2 cm³/mol. The van der Waals surface area contributed by atoms with Gasteiger partial charge < -0.3 is 0 Å². The van der Waals surface area contributed by atoms with E-state index in [0.717, 1.165) is 11.8 Å². The van der Waals surface area contributed by atoms with Crippen molar-refractivity contribution >= 4 is 0 Å². The molecule has 0 aromatic heterocycles. The van der Waals surface area contributed by atoms with Gasteiger partial charge in [0.05, 0.1) is 0 Å². The molecule has 3 atom stereocenters. The van der Waals surface area contributed by atoms with E-state index >= 15 is 0 Å². The highest BCUT2D eigenvalue weighted by Gasteiger charge is 2.21. The molecule has 3 unspecified atom stereocenters. The van der Waals surface area contributed by atoms with Gasteiger partial charge in [0.25, 0.3) is 0 Å². The summed E-state index contributed by atoms with van der Waals surface area (Å²) in [4.78, 5) is 0. The molecule has 0 aliphatic carbocycles. The van der Waals surface area contributed by atoms with E-state index in [1.807, 2.05) is 6.08 Å². The Bertz CT molecular complexity index is 192. The molecule has 0 aromatic rings. The zero-order valence-corrected chi connectivity index (χ0v) is 12.3. The van der Waals surface area contributed by atoms with Gasteiger partial charge in [-0.1, -0.05) is 58.6 Å². The van der Waals surface area contributed by atoms with Crippen LogP contribution < -0.4 is 0 Å². The molecule has 0 aliphatic rings. The van der Waals surface area contributed by atoms with Crippen LogP contribution in [0.1, 0.15) is 65.7 Å². The van der Waals surface area contributed by atoms with Crippen LogP contribution in [0.15, 0.2) is 25.3 Å². The summed E-state index contributed by atoms with van der Waals surface area (Å²) >= 11 is 0. The van der Waals surface area contributed by atoms with Crippen molar-refractivity contribution in [1.82, 2.24) is 0 Å². The molecule has 0 saturated carbocycles. The molecule has 0 fully saturated rings. The molecule has 0 rings (SSSR count). The maximum Gasteiger partial charge on any atom is -0.0210 e. The highest BCUT2D eigenvalue weighted by molar-refractivity contribution is 4.85. The van der Waals surface area contributed by atoms with Crippen molar-refractivity contribution in [2.45, 2.75) is 65.7 Å². The van der Waals surface area contributed by atoms with E-state index < -0.39 is 0 Å². The first kappa shape index (κ1) is 16.5. The van der Waals surface area contributed by atoms with E-state index in [-0.39, 0.29) is 0 Å². The van der Waals surface area contributed by atoms with Crippen LogP contribution >= 0.6 is 0 Å². The third-order valence-electron chi connectivity index (χ3n) is 4.09. The number of unbranched alkanes of at least 4 members (excludes halogenated alkanes) is 2. The summed E-state index contributed by atoms with van der Waals surface area (Å²) in [6, 6.07) is 0. The van der Waals surface area contributed by atoms with Crippen LogP contribution in [0.2, 0.25) is 0 Å². The Labute approximate surface area is 109 Å². The zero-order chi connectivity index (χ0) is 13.1. The molecule has 0 aliphatic heterocycles. The fourth-order valence-electron chi connectivity index (χ4n) is 2.84. The molecule has 0 spiro atoms. The average molecular weight is 236 g/mol. The lowest BCUT2D eigenvalue weighted by Gasteiger charge is -2.29. The van der Waals surface area contributed by atoms with Crippen LogP contribution in [0.4, 0.5) is 0 Å². The number of rotatable bonds is 11. The van der Waals surface area contributed by atoms with Crippen molar-refractivity contribution in [3.05, 3.63) is 25.3 Å². The Hall–Kier alpha value is -0.520. The van der Waals surface area contributed by atoms with Crippen molar-refractivity contribution in [3.63, 3.8) is 0 Å². The van der Waals surface area contributed by atoms with Crippen molar-refractivity contribution in [2.24, 2.45) is 17.8 Å². The Morgan fingerprint density at radius 2 is 1.76 bits per heavy atom. The van der Waals surface area contributed by atoms with Gasteiger partial charge in [0.15, 0.2) is 0 Å². The normalized spacial score (nSPS) is 16.2. The highest BCUT2D eigenvalue weighted by Crippen LogP contribution is 2.31. The van der Waals surface area contributed by atoms with Gasteiger partial charge in [-0.2, -0.15) is 0 Å². The largest absolute Gasteiger partial charge is 0.103 e. The van der Waals surface area contributed by atoms with Gasteiger partial charge in [-0.25, -0.2) is 0 Å². The fourth-order valence-corrected chi connectivity index (χ4v) is 2.84.